The monoisotopic (exact) mass is 382 g/mol. The molecule has 0 spiro atoms. The van der Waals surface area contributed by atoms with Crippen LogP contribution in [0.3, 0.4) is 0 Å². The molecule has 1 N–H and O–H groups in total. The summed E-state index contributed by atoms with van der Waals surface area (Å²) in [5.41, 5.74) is 3.05. The highest BCUT2D eigenvalue weighted by molar-refractivity contribution is 5.92. The van der Waals surface area contributed by atoms with Crippen LogP contribution in [0.5, 0.6) is 0 Å². The highest BCUT2D eigenvalue weighted by Crippen LogP contribution is 2.26. The van der Waals surface area contributed by atoms with Gasteiger partial charge in [-0.3, -0.25) is 9.89 Å². The summed E-state index contributed by atoms with van der Waals surface area (Å²) in [4.78, 5) is 17.0. The van der Waals surface area contributed by atoms with E-state index in [9.17, 15) is 4.79 Å². The average Bonchev–Trinajstić information content (AvgIpc) is 3.25. The lowest BCUT2D eigenvalue weighted by atomic mass is 9.94. The first-order valence-electron chi connectivity index (χ1n) is 10.5. The zero-order valence-electron chi connectivity index (χ0n) is 16.5. The summed E-state index contributed by atoms with van der Waals surface area (Å²) in [6, 6.07) is 12.7. The molecule has 2 saturated heterocycles. The summed E-state index contributed by atoms with van der Waals surface area (Å²) in [6.07, 6.45) is 4.66. The van der Waals surface area contributed by atoms with Crippen molar-refractivity contribution in [3.63, 3.8) is 0 Å². The van der Waals surface area contributed by atoms with Crippen molar-refractivity contribution in [1.82, 2.24) is 20.0 Å². The quantitative estimate of drug-likeness (QED) is 0.834. The molecule has 4 rings (SSSR count). The van der Waals surface area contributed by atoms with Crippen LogP contribution in [0, 0.1) is 0 Å². The standard InChI is InChI=1S/C22H30N4O2/c27-22(26-12-14-28-15-13-26)21-16-20(23-24-21)19-9-5-11-25(17-19)10-4-8-18-6-2-1-3-7-18/h1-3,6-7,16,19H,4-5,8-15,17H2,(H,23,24)/t19-/m0/s1. The fourth-order valence-corrected chi connectivity index (χ4v) is 4.25. The minimum absolute atomic E-state index is 0.0151. The topological polar surface area (TPSA) is 61.5 Å². The molecule has 2 aliphatic rings. The van der Waals surface area contributed by atoms with Crippen molar-refractivity contribution in [3.8, 4) is 0 Å². The molecule has 1 aromatic heterocycles. The summed E-state index contributed by atoms with van der Waals surface area (Å²) in [5.74, 6) is 0.450. The van der Waals surface area contributed by atoms with Gasteiger partial charge in [0.15, 0.2) is 0 Å². The van der Waals surface area contributed by atoms with Crippen LogP contribution < -0.4 is 0 Å². The van der Waals surface area contributed by atoms with E-state index in [-0.39, 0.29) is 5.91 Å². The van der Waals surface area contributed by atoms with Crippen molar-refractivity contribution in [2.24, 2.45) is 0 Å². The molecule has 0 bridgehead atoms. The number of H-pyrrole nitrogens is 1. The number of nitrogens with one attached hydrogen (secondary N) is 1. The van der Waals surface area contributed by atoms with E-state index in [2.05, 4.69) is 45.4 Å². The minimum Gasteiger partial charge on any atom is -0.378 e. The number of nitrogens with zero attached hydrogens (tertiary/aromatic N) is 3. The van der Waals surface area contributed by atoms with Crippen molar-refractivity contribution in [1.29, 1.82) is 0 Å². The maximum absolute atomic E-state index is 12.6. The van der Waals surface area contributed by atoms with Gasteiger partial charge in [0, 0.05) is 31.2 Å². The summed E-state index contributed by atoms with van der Waals surface area (Å²) < 4.78 is 5.33. The third-order valence-corrected chi connectivity index (χ3v) is 5.84. The second-order valence-electron chi connectivity index (χ2n) is 7.84. The molecule has 6 heteroatoms. The van der Waals surface area contributed by atoms with Gasteiger partial charge in [-0.05, 0) is 50.4 Å². The molecule has 6 nitrogen and oxygen atoms in total. The highest BCUT2D eigenvalue weighted by atomic mass is 16.5. The number of ether oxygens (including phenoxy) is 1. The Morgan fingerprint density at radius 3 is 2.82 bits per heavy atom. The Bertz CT molecular complexity index is 755. The molecule has 3 heterocycles. The molecule has 2 aliphatic heterocycles. The van der Waals surface area contributed by atoms with E-state index in [0.29, 0.717) is 37.9 Å². The van der Waals surface area contributed by atoms with Crippen LogP contribution in [0.25, 0.3) is 0 Å². The Morgan fingerprint density at radius 1 is 1.18 bits per heavy atom. The SMILES string of the molecule is O=C(c1cc([C@H]2CCCN(CCCc3ccccc3)C2)[nH]n1)N1CCOCC1. The second kappa shape index (κ2) is 9.34. The zero-order chi connectivity index (χ0) is 19.2. The van der Waals surface area contributed by atoms with Crippen LogP contribution in [-0.4, -0.2) is 71.8 Å². The number of aromatic nitrogens is 2. The van der Waals surface area contributed by atoms with Crippen LogP contribution in [0.15, 0.2) is 36.4 Å². The number of rotatable bonds is 6. The van der Waals surface area contributed by atoms with E-state index in [0.717, 1.165) is 31.6 Å². The van der Waals surface area contributed by atoms with Crippen molar-refractivity contribution >= 4 is 5.91 Å². The normalized spacial score (nSPS) is 21.0. The largest absolute Gasteiger partial charge is 0.378 e. The van der Waals surface area contributed by atoms with Gasteiger partial charge in [0.2, 0.25) is 0 Å². The molecule has 1 aromatic carbocycles. The Kier molecular flexibility index (Phi) is 6.39. The Labute approximate surface area is 166 Å². The molecule has 0 aliphatic carbocycles. The number of carbonyl (C=O) groups excluding carboxylic acids is 1. The minimum atomic E-state index is 0.0151. The molecular formula is C22H30N4O2. The molecule has 2 fully saturated rings. The van der Waals surface area contributed by atoms with Gasteiger partial charge >= 0.3 is 0 Å². The van der Waals surface area contributed by atoms with Gasteiger partial charge in [-0.25, -0.2) is 0 Å². The number of likely N-dealkylation sites (tertiary alicyclic amines) is 1. The van der Waals surface area contributed by atoms with E-state index >= 15 is 0 Å². The summed E-state index contributed by atoms with van der Waals surface area (Å²) in [7, 11) is 0. The zero-order valence-corrected chi connectivity index (χ0v) is 16.5. The fourth-order valence-electron chi connectivity index (χ4n) is 4.25. The fraction of sp³-hybridized carbons (Fsp3) is 0.545. The van der Waals surface area contributed by atoms with Crippen LogP contribution in [0.4, 0.5) is 0 Å². The van der Waals surface area contributed by atoms with Gasteiger partial charge in [-0.1, -0.05) is 30.3 Å². The lowest BCUT2D eigenvalue weighted by molar-refractivity contribution is 0.0299. The number of morpholine rings is 1. The molecule has 0 unspecified atom stereocenters. The molecule has 0 saturated carbocycles. The number of carbonyl (C=O) groups is 1. The third-order valence-electron chi connectivity index (χ3n) is 5.84. The van der Waals surface area contributed by atoms with Crippen molar-refractivity contribution in [2.75, 3.05) is 45.9 Å². The summed E-state index contributed by atoms with van der Waals surface area (Å²) in [6.45, 7) is 5.87. The molecule has 2 aromatic rings. The number of aromatic amines is 1. The van der Waals surface area contributed by atoms with E-state index in [1.165, 1.54) is 24.9 Å². The second-order valence-corrected chi connectivity index (χ2v) is 7.84. The van der Waals surface area contributed by atoms with E-state index in [1.807, 2.05) is 11.0 Å². The smallest absolute Gasteiger partial charge is 0.274 e. The lowest BCUT2D eigenvalue weighted by Crippen LogP contribution is -2.40. The Morgan fingerprint density at radius 2 is 2.00 bits per heavy atom. The van der Waals surface area contributed by atoms with Crippen LogP contribution in [0.1, 0.15) is 46.9 Å². The first-order valence-corrected chi connectivity index (χ1v) is 10.5. The van der Waals surface area contributed by atoms with E-state index in [1.54, 1.807) is 0 Å². The third kappa shape index (κ3) is 4.80. The number of aryl methyl sites for hydroxylation is 1. The molecule has 150 valence electrons. The average molecular weight is 383 g/mol. The molecule has 1 amide bonds. The predicted octanol–water partition coefficient (Wildman–Crippen LogP) is 2.69. The van der Waals surface area contributed by atoms with Crippen LogP contribution in [0.2, 0.25) is 0 Å². The van der Waals surface area contributed by atoms with Crippen LogP contribution in [-0.2, 0) is 11.2 Å². The summed E-state index contributed by atoms with van der Waals surface area (Å²) >= 11 is 0. The number of hydrogen-bond donors (Lipinski definition) is 1. The van der Waals surface area contributed by atoms with Gasteiger partial charge in [0.25, 0.3) is 5.91 Å². The maximum atomic E-state index is 12.6. The first-order chi connectivity index (χ1) is 13.8. The van der Waals surface area contributed by atoms with Crippen LogP contribution >= 0.6 is 0 Å². The number of benzene rings is 1. The van der Waals surface area contributed by atoms with Gasteiger partial charge in [0.05, 0.1) is 13.2 Å². The van der Waals surface area contributed by atoms with Gasteiger partial charge in [-0.2, -0.15) is 5.10 Å². The Hall–Kier alpha value is -2.18. The molecular weight excluding hydrogens is 352 g/mol. The lowest BCUT2D eigenvalue weighted by Gasteiger charge is -2.32. The number of piperidine rings is 1. The molecule has 0 radical (unpaired) electrons. The Balaban J connectivity index is 1.29. The van der Waals surface area contributed by atoms with Gasteiger partial charge in [-0.15, -0.1) is 0 Å². The van der Waals surface area contributed by atoms with Gasteiger partial charge < -0.3 is 14.5 Å². The molecule has 28 heavy (non-hydrogen) atoms. The maximum Gasteiger partial charge on any atom is 0.274 e. The van der Waals surface area contributed by atoms with E-state index < -0.39 is 0 Å². The van der Waals surface area contributed by atoms with E-state index in [4.69, 9.17) is 4.74 Å². The molecule has 1 atom stereocenters. The summed E-state index contributed by atoms with van der Waals surface area (Å²) in [5, 5.41) is 7.46. The first kappa shape index (κ1) is 19.2. The van der Waals surface area contributed by atoms with Crippen molar-refractivity contribution < 1.29 is 9.53 Å². The van der Waals surface area contributed by atoms with Crippen molar-refractivity contribution in [2.45, 2.75) is 31.6 Å². The van der Waals surface area contributed by atoms with Crippen molar-refractivity contribution in [3.05, 3.63) is 53.3 Å². The predicted molar refractivity (Wildman–Crippen MR) is 108 cm³/mol. The highest BCUT2D eigenvalue weighted by Gasteiger charge is 2.25. The van der Waals surface area contributed by atoms with Gasteiger partial charge in [0.1, 0.15) is 5.69 Å². The number of hydrogen-bond acceptors (Lipinski definition) is 4. The number of amides is 1.